The SMILES string of the molecule is COc1ccc(CS(=O)c2ccc(N)cc2)cc1. The van der Waals surface area contributed by atoms with E-state index in [4.69, 9.17) is 10.5 Å². The summed E-state index contributed by atoms with van der Waals surface area (Å²) in [6.07, 6.45) is 0. The summed E-state index contributed by atoms with van der Waals surface area (Å²) in [7, 11) is 0.579. The topological polar surface area (TPSA) is 52.3 Å². The first kappa shape index (κ1) is 12.6. The standard InChI is InChI=1S/C14H15NO2S/c1-17-13-6-2-11(3-7-13)10-18(16)14-8-4-12(15)5-9-14/h2-9H,10,15H2,1H3. The molecule has 0 aliphatic carbocycles. The van der Waals surface area contributed by atoms with Gasteiger partial charge in [-0.1, -0.05) is 12.1 Å². The first-order valence-corrected chi connectivity index (χ1v) is 6.88. The van der Waals surface area contributed by atoms with Crippen molar-refractivity contribution >= 4 is 16.5 Å². The molecule has 0 heterocycles. The molecule has 2 rings (SSSR count). The minimum Gasteiger partial charge on any atom is -0.497 e. The Hall–Kier alpha value is -1.81. The zero-order valence-electron chi connectivity index (χ0n) is 10.1. The lowest BCUT2D eigenvalue weighted by molar-refractivity contribution is 0.414. The van der Waals surface area contributed by atoms with Crippen molar-refractivity contribution in [3.05, 3.63) is 54.1 Å². The zero-order chi connectivity index (χ0) is 13.0. The number of anilines is 1. The summed E-state index contributed by atoms with van der Waals surface area (Å²) in [5, 5.41) is 0. The molecule has 0 aliphatic heterocycles. The Labute approximate surface area is 109 Å². The lowest BCUT2D eigenvalue weighted by Gasteiger charge is -2.04. The Morgan fingerprint density at radius 3 is 2.22 bits per heavy atom. The first-order chi connectivity index (χ1) is 8.69. The maximum absolute atomic E-state index is 12.1. The molecule has 0 spiro atoms. The predicted octanol–water partition coefficient (Wildman–Crippen LogP) is 2.59. The summed E-state index contributed by atoms with van der Waals surface area (Å²) in [4.78, 5) is 0.792. The van der Waals surface area contributed by atoms with Crippen LogP contribution in [0, 0.1) is 0 Å². The van der Waals surface area contributed by atoms with Crippen LogP contribution in [0.25, 0.3) is 0 Å². The molecule has 4 heteroatoms. The van der Waals surface area contributed by atoms with Crippen molar-refractivity contribution in [2.45, 2.75) is 10.6 Å². The number of hydrogen-bond donors (Lipinski definition) is 1. The van der Waals surface area contributed by atoms with E-state index in [1.165, 1.54) is 0 Å². The summed E-state index contributed by atoms with van der Waals surface area (Å²) < 4.78 is 17.2. The van der Waals surface area contributed by atoms with E-state index in [1.807, 2.05) is 24.3 Å². The second-order valence-corrected chi connectivity index (χ2v) is 5.36. The number of hydrogen-bond acceptors (Lipinski definition) is 3. The van der Waals surface area contributed by atoms with Crippen LogP contribution in [0.4, 0.5) is 5.69 Å². The molecule has 1 unspecified atom stereocenters. The van der Waals surface area contributed by atoms with Crippen LogP contribution < -0.4 is 10.5 Å². The minimum absolute atomic E-state index is 0.494. The average Bonchev–Trinajstić information content (AvgIpc) is 2.40. The van der Waals surface area contributed by atoms with E-state index in [0.29, 0.717) is 11.4 Å². The fourth-order valence-electron chi connectivity index (χ4n) is 1.58. The van der Waals surface area contributed by atoms with Crippen molar-refractivity contribution in [3.8, 4) is 5.75 Å². The summed E-state index contributed by atoms with van der Waals surface area (Å²) in [6.45, 7) is 0. The molecule has 2 N–H and O–H groups in total. The molecule has 2 aromatic rings. The molecule has 0 saturated carbocycles. The lowest BCUT2D eigenvalue weighted by Crippen LogP contribution is -1.97. The third-order valence-electron chi connectivity index (χ3n) is 2.60. The molecule has 0 aliphatic rings. The fraction of sp³-hybridized carbons (Fsp3) is 0.143. The number of ether oxygens (including phenoxy) is 1. The zero-order valence-corrected chi connectivity index (χ0v) is 10.9. The van der Waals surface area contributed by atoms with Crippen LogP contribution in [0.5, 0.6) is 5.75 Å². The van der Waals surface area contributed by atoms with Gasteiger partial charge in [-0.2, -0.15) is 0 Å². The van der Waals surface area contributed by atoms with Gasteiger partial charge >= 0.3 is 0 Å². The summed E-state index contributed by atoms with van der Waals surface area (Å²) in [5.41, 5.74) is 7.30. The van der Waals surface area contributed by atoms with Gasteiger partial charge in [-0.15, -0.1) is 0 Å². The van der Waals surface area contributed by atoms with Gasteiger partial charge in [-0.05, 0) is 42.0 Å². The highest BCUT2D eigenvalue weighted by atomic mass is 32.2. The minimum atomic E-state index is -1.05. The smallest absolute Gasteiger partial charge is 0.118 e. The Balaban J connectivity index is 2.08. The second-order valence-electron chi connectivity index (χ2n) is 3.91. The van der Waals surface area contributed by atoms with Crippen LogP contribution in [0.1, 0.15) is 5.56 Å². The van der Waals surface area contributed by atoms with Crippen molar-refractivity contribution in [2.24, 2.45) is 0 Å². The van der Waals surface area contributed by atoms with Crippen molar-refractivity contribution < 1.29 is 8.95 Å². The molecular formula is C14H15NO2S. The third-order valence-corrected chi connectivity index (χ3v) is 3.99. The molecule has 0 amide bonds. The molecular weight excluding hydrogens is 246 g/mol. The first-order valence-electron chi connectivity index (χ1n) is 5.56. The molecule has 1 atom stereocenters. The molecule has 0 aromatic heterocycles. The maximum atomic E-state index is 12.1. The highest BCUT2D eigenvalue weighted by Crippen LogP contribution is 2.16. The van der Waals surface area contributed by atoms with Gasteiger partial charge in [0.15, 0.2) is 0 Å². The Morgan fingerprint density at radius 2 is 1.67 bits per heavy atom. The predicted molar refractivity (Wildman–Crippen MR) is 74.0 cm³/mol. The summed E-state index contributed by atoms with van der Waals surface area (Å²) >= 11 is 0. The Morgan fingerprint density at radius 1 is 1.06 bits per heavy atom. The van der Waals surface area contributed by atoms with Gasteiger partial charge in [-0.3, -0.25) is 4.21 Å². The highest BCUT2D eigenvalue weighted by Gasteiger charge is 2.05. The largest absolute Gasteiger partial charge is 0.497 e. The van der Waals surface area contributed by atoms with Crippen molar-refractivity contribution in [3.63, 3.8) is 0 Å². The van der Waals surface area contributed by atoms with Gasteiger partial charge < -0.3 is 10.5 Å². The third kappa shape index (κ3) is 3.11. The van der Waals surface area contributed by atoms with Crippen LogP contribution in [0.15, 0.2) is 53.4 Å². The quantitative estimate of drug-likeness (QED) is 0.861. The Bertz CT molecular complexity index is 535. The van der Waals surface area contributed by atoms with Crippen molar-refractivity contribution in [1.29, 1.82) is 0 Å². The molecule has 94 valence electrons. The van der Waals surface area contributed by atoms with E-state index < -0.39 is 10.8 Å². The molecule has 3 nitrogen and oxygen atoms in total. The normalized spacial score (nSPS) is 12.1. The van der Waals surface area contributed by atoms with Gasteiger partial charge in [0.2, 0.25) is 0 Å². The summed E-state index contributed by atoms with van der Waals surface area (Å²) in [5.74, 6) is 1.30. The molecule has 0 fully saturated rings. The van der Waals surface area contributed by atoms with Gasteiger partial charge in [0.1, 0.15) is 5.75 Å². The number of methoxy groups -OCH3 is 1. The maximum Gasteiger partial charge on any atom is 0.118 e. The second kappa shape index (κ2) is 5.69. The van der Waals surface area contributed by atoms with E-state index in [9.17, 15) is 4.21 Å². The van der Waals surface area contributed by atoms with Crippen LogP contribution in [0.2, 0.25) is 0 Å². The van der Waals surface area contributed by atoms with E-state index in [1.54, 1.807) is 31.4 Å². The van der Waals surface area contributed by atoms with Crippen LogP contribution >= 0.6 is 0 Å². The molecule has 0 radical (unpaired) electrons. The molecule has 2 aromatic carbocycles. The van der Waals surface area contributed by atoms with Gasteiger partial charge in [0.25, 0.3) is 0 Å². The van der Waals surface area contributed by atoms with Crippen molar-refractivity contribution in [2.75, 3.05) is 12.8 Å². The van der Waals surface area contributed by atoms with Crippen molar-refractivity contribution in [1.82, 2.24) is 0 Å². The van der Waals surface area contributed by atoms with E-state index in [0.717, 1.165) is 16.2 Å². The Kier molecular flexibility index (Phi) is 3.99. The monoisotopic (exact) mass is 261 g/mol. The highest BCUT2D eigenvalue weighted by molar-refractivity contribution is 7.84. The molecule has 18 heavy (non-hydrogen) atoms. The molecule has 0 bridgehead atoms. The van der Waals surface area contributed by atoms with E-state index in [-0.39, 0.29) is 0 Å². The van der Waals surface area contributed by atoms with Gasteiger partial charge in [-0.25, -0.2) is 0 Å². The molecule has 0 saturated heterocycles. The van der Waals surface area contributed by atoms with E-state index >= 15 is 0 Å². The number of rotatable bonds is 4. The average molecular weight is 261 g/mol. The van der Waals surface area contributed by atoms with E-state index in [2.05, 4.69) is 0 Å². The van der Waals surface area contributed by atoms with Crippen LogP contribution in [-0.2, 0) is 16.6 Å². The number of nitrogens with two attached hydrogens (primary N) is 1. The fourth-order valence-corrected chi connectivity index (χ4v) is 2.68. The van der Waals surface area contributed by atoms with Gasteiger partial charge in [0, 0.05) is 10.6 Å². The number of benzene rings is 2. The van der Waals surface area contributed by atoms with Gasteiger partial charge in [0.05, 0.1) is 23.7 Å². The van der Waals surface area contributed by atoms with Crippen LogP contribution in [-0.4, -0.2) is 11.3 Å². The number of nitrogen functional groups attached to an aromatic ring is 1. The van der Waals surface area contributed by atoms with Crippen LogP contribution in [0.3, 0.4) is 0 Å². The lowest BCUT2D eigenvalue weighted by atomic mass is 10.2. The summed E-state index contributed by atoms with van der Waals surface area (Å²) in [6, 6.07) is 14.7.